The molecule has 2 aromatic carbocycles. The number of amides is 1. The summed E-state index contributed by atoms with van der Waals surface area (Å²) in [5.74, 6) is 0.263. The van der Waals surface area contributed by atoms with Gasteiger partial charge in [-0.2, -0.15) is 0 Å². The number of nitrogens with zero attached hydrogens (tertiary/aromatic N) is 1. The van der Waals surface area contributed by atoms with Crippen molar-refractivity contribution in [3.8, 4) is 11.3 Å². The van der Waals surface area contributed by atoms with Gasteiger partial charge in [-0.25, -0.2) is 4.98 Å². The topological polar surface area (TPSA) is 57.8 Å². The van der Waals surface area contributed by atoms with Crippen molar-refractivity contribution in [3.05, 3.63) is 64.3 Å². The van der Waals surface area contributed by atoms with E-state index in [-0.39, 0.29) is 5.91 Å². The van der Waals surface area contributed by atoms with Crippen LogP contribution in [0.2, 0.25) is 0 Å². The fourth-order valence-electron chi connectivity index (χ4n) is 2.43. The number of benzene rings is 2. The number of hydrogen-bond donors (Lipinski definition) is 2. The summed E-state index contributed by atoms with van der Waals surface area (Å²) in [6.07, 6.45) is 1.79. The Morgan fingerprint density at radius 1 is 1.20 bits per heavy atom. The first-order valence-electron chi connectivity index (χ1n) is 7.82. The molecular weight excluding hydrogens is 398 g/mol. The number of H-pyrrole nitrogens is 1. The predicted molar refractivity (Wildman–Crippen MR) is 107 cm³/mol. The van der Waals surface area contributed by atoms with Gasteiger partial charge >= 0.3 is 0 Å². The summed E-state index contributed by atoms with van der Waals surface area (Å²) in [5.41, 5.74) is 5.09. The number of carbonyl (C=O) groups is 1. The molecule has 1 heterocycles. The zero-order valence-electron chi connectivity index (χ0n) is 14.0. The Morgan fingerprint density at radius 2 is 1.96 bits per heavy atom. The highest BCUT2D eigenvalue weighted by Gasteiger charge is 2.09. The second-order valence-electron chi connectivity index (χ2n) is 5.76. The number of rotatable bonds is 5. The summed E-state index contributed by atoms with van der Waals surface area (Å²) in [5, 5.41) is 3.68. The number of carbonyl (C=O) groups excluding carboxylic acids is 1. The molecule has 2 N–H and O–H groups in total. The second kappa shape index (κ2) is 7.89. The highest BCUT2D eigenvalue weighted by atomic mass is 79.9. The smallest absolute Gasteiger partial charge is 0.234 e. The predicted octanol–water partition coefficient (Wildman–Crippen LogP) is 5.19. The SMILES string of the molecule is Cc1ccc(NC(=O)CSc2ncc(-c3ccc(Br)cc3)[nH]2)c(C)c1. The van der Waals surface area contributed by atoms with Crippen molar-refractivity contribution in [2.24, 2.45) is 0 Å². The highest BCUT2D eigenvalue weighted by Crippen LogP contribution is 2.23. The normalized spacial score (nSPS) is 10.7. The summed E-state index contributed by atoms with van der Waals surface area (Å²) in [4.78, 5) is 19.7. The zero-order valence-corrected chi connectivity index (χ0v) is 16.4. The lowest BCUT2D eigenvalue weighted by atomic mass is 10.1. The fourth-order valence-corrected chi connectivity index (χ4v) is 3.34. The maximum atomic E-state index is 12.2. The van der Waals surface area contributed by atoms with Gasteiger partial charge in [0, 0.05) is 10.2 Å². The minimum absolute atomic E-state index is 0.0430. The van der Waals surface area contributed by atoms with E-state index in [4.69, 9.17) is 0 Å². The monoisotopic (exact) mass is 415 g/mol. The molecule has 0 spiro atoms. The molecule has 0 atom stereocenters. The van der Waals surface area contributed by atoms with Gasteiger partial charge in [0.05, 0.1) is 17.6 Å². The van der Waals surface area contributed by atoms with E-state index in [0.29, 0.717) is 5.75 Å². The van der Waals surface area contributed by atoms with Crippen LogP contribution in [0.15, 0.2) is 58.3 Å². The summed E-state index contributed by atoms with van der Waals surface area (Å²) in [6, 6.07) is 14.0. The van der Waals surface area contributed by atoms with Gasteiger partial charge in [0.25, 0.3) is 0 Å². The standard InChI is InChI=1S/C19H18BrN3OS/c1-12-3-8-16(13(2)9-12)22-18(24)11-25-19-21-10-17(23-19)14-4-6-15(20)7-5-14/h3-10H,11H2,1-2H3,(H,21,23)(H,22,24). The molecule has 0 saturated heterocycles. The van der Waals surface area contributed by atoms with Crippen LogP contribution in [-0.4, -0.2) is 21.6 Å². The van der Waals surface area contributed by atoms with Gasteiger partial charge in [-0.3, -0.25) is 4.79 Å². The minimum Gasteiger partial charge on any atom is -0.333 e. The lowest BCUT2D eigenvalue weighted by Crippen LogP contribution is -2.15. The Morgan fingerprint density at radius 3 is 2.68 bits per heavy atom. The maximum Gasteiger partial charge on any atom is 0.234 e. The average molecular weight is 416 g/mol. The third-order valence-electron chi connectivity index (χ3n) is 3.70. The van der Waals surface area contributed by atoms with Gasteiger partial charge < -0.3 is 10.3 Å². The maximum absolute atomic E-state index is 12.2. The molecule has 128 valence electrons. The molecule has 3 aromatic rings. The van der Waals surface area contributed by atoms with E-state index in [9.17, 15) is 4.79 Å². The van der Waals surface area contributed by atoms with Crippen LogP contribution >= 0.6 is 27.7 Å². The van der Waals surface area contributed by atoms with Gasteiger partial charge in [-0.15, -0.1) is 0 Å². The number of thioether (sulfide) groups is 1. The van der Waals surface area contributed by atoms with E-state index >= 15 is 0 Å². The molecule has 1 aromatic heterocycles. The van der Waals surface area contributed by atoms with Crippen LogP contribution in [0.25, 0.3) is 11.3 Å². The number of anilines is 1. The Bertz CT molecular complexity index is 890. The largest absolute Gasteiger partial charge is 0.333 e. The van der Waals surface area contributed by atoms with Gasteiger partial charge in [0.15, 0.2) is 5.16 Å². The van der Waals surface area contributed by atoms with Crippen LogP contribution in [-0.2, 0) is 4.79 Å². The van der Waals surface area contributed by atoms with Crippen LogP contribution in [0.3, 0.4) is 0 Å². The molecule has 25 heavy (non-hydrogen) atoms. The summed E-state index contributed by atoms with van der Waals surface area (Å²) < 4.78 is 1.04. The number of nitrogens with one attached hydrogen (secondary N) is 2. The zero-order chi connectivity index (χ0) is 17.8. The molecule has 0 unspecified atom stereocenters. The number of aromatic nitrogens is 2. The van der Waals surface area contributed by atoms with Gasteiger partial charge in [0.2, 0.25) is 5.91 Å². The number of hydrogen-bond acceptors (Lipinski definition) is 3. The first-order valence-corrected chi connectivity index (χ1v) is 9.60. The molecule has 0 aliphatic carbocycles. The molecule has 6 heteroatoms. The van der Waals surface area contributed by atoms with Crippen molar-refractivity contribution in [1.29, 1.82) is 0 Å². The van der Waals surface area contributed by atoms with Crippen molar-refractivity contribution >= 4 is 39.3 Å². The lowest BCUT2D eigenvalue weighted by Gasteiger charge is -2.08. The molecule has 4 nitrogen and oxygen atoms in total. The number of aryl methyl sites for hydroxylation is 2. The van der Waals surface area contributed by atoms with Crippen LogP contribution < -0.4 is 5.32 Å². The third kappa shape index (κ3) is 4.74. The molecule has 0 fully saturated rings. The fraction of sp³-hybridized carbons (Fsp3) is 0.158. The van der Waals surface area contributed by atoms with E-state index in [2.05, 4.69) is 37.3 Å². The molecule has 0 radical (unpaired) electrons. The van der Waals surface area contributed by atoms with Gasteiger partial charge in [-0.05, 0) is 43.2 Å². The van der Waals surface area contributed by atoms with Crippen molar-refractivity contribution in [3.63, 3.8) is 0 Å². The van der Waals surface area contributed by atoms with Crippen LogP contribution in [0.5, 0.6) is 0 Å². The lowest BCUT2D eigenvalue weighted by molar-refractivity contribution is -0.113. The molecule has 0 bridgehead atoms. The molecule has 0 saturated carbocycles. The molecular formula is C19H18BrN3OS. The molecule has 0 aliphatic rings. The van der Waals surface area contributed by atoms with Crippen LogP contribution in [0.1, 0.15) is 11.1 Å². The summed E-state index contributed by atoms with van der Waals surface area (Å²) >= 11 is 4.81. The van der Waals surface area contributed by atoms with Gasteiger partial charge in [0.1, 0.15) is 0 Å². The Labute approximate surface area is 159 Å². The average Bonchev–Trinajstić information content (AvgIpc) is 3.05. The van der Waals surface area contributed by atoms with Crippen LogP contribution in [0.4, 0.5) is 5.69 Å². The summed E-state index contributed by atoms with van der Waals surface area (Å²) in [6.45, 7) is 4.03. The highest BCUT2D eigenvalue weighted by molar-refractivity contribution is 9.10. The number of halogens is 1. The van der Waals surface area contributed by atoms with Crippen molar-refractivity contribution in [2.75, 3.05) is 11.1 Å². The summed E-state index contributed by atoms with van der Waals surface area (Å²) in [7, 11) is 0. The molecule has 0 aliphatic heterocycles. The second-order valence-corrected chi connectivity index (χ2v) is 7.64. The Hall–Kier alpha value is -2.05. The Balaban J connectivity index is 1.58. The van der Waals surface area contributed by atoms with Gasteiger partial charge in [-0.1, -0.05) is 57.5 Å². The van der Waals surface area contributed by atoms with Crippen molar-refractivity contribution in [2.45, 2.75) is 19.0 Å². The molecule has 3 rings (SSSR count). The van der Waals surface area contributed by atoms with E-state index in [1.807, 2.05) is 50.2 Å². The molecule has 1 amide bonds. The Kier molecular flexibility index (Phi) is 5.60. The quantitative estimate of drug-likeness (QED) is 0.563. The first kappa shape index (κ1) is 17.8. The van der Waals surface area contributed by atoms with Crippen LogP contribution in [0, 0.1) is 13.8 Å². The van der Waals surface area contributed by atoms with E-state index in [1.165, 1.54) is 17.3 Å². The van der Waals surface area contributed by atoms with Crippen molar-refractivity contribution < 1.29 is 4.79 Å². The van der Waals surface area contributed by atoms with E-state index in [0.717, 1.165) is 32.1 Å². The van der Waals surface area contributed by atoms with Crippen molar-refractivity contribution in [1.82, 2.24) is 9.97 Å². The minimum atomic E-state index is -0.0430. The number of imidazole rings is 1. The van der Waals surface area contributed by atoms with E-state index in [1.54, 1.807) is 6.20 Å². The number of aromatic amines is 1. The third-order valence-corrected chi connectivity index (χ3v) is 5.12. The van der Waals surface area contributed by atoms with E-state index < -0.39 is 0 Å². The first-order chi connectivity index (χ1) is 12.0.